The third kappa shape index (κ3) is 4.53. The number of urea groups is 1. The van der Waals surface area contributed by atoms with E-state index in [1.807, 2.05) is 0 Å². The number of halogens is 2. The van der Waals surface area contributed by atoms with E-state index in [2.05, 4.69) is 5.32 Å². The number of nitrogens with one attached hydrogen (secondary N) is 1. The fourth-order valence-corrected chi connectivity index (χ4v) is 2.97. The van der Waals surface area contributed by atoms with Crippen molar-refractivity contribution in [2.75, 3.05) is 20.3 Å². The molecule has 1 atom stereocenters. The first-order valence-electron chi connectivity index (χ1n) is 8.99. The lowest BCUT2D eigenvalue weighted by atomic mass is 9.94. The standard InChI is InChI=1S/C21H20F2N2O4/c1-3-28-20(26)18-17(12-29-16-10-8-15(23)9-11-16)25(2)21(27)24-19(18)13-4-6-14(22)7-5-13/h4-11,19H,3,12H2,1-2H3,(H,24,27)/t19-/m1/s1. The van der Waals surface area contributed by atoms with E-state index in [1.54, 1.807) is 6.92 Å². The summed E-state index contributed by atoms with van der Waals surface area (Å²) >= 11 is 0. The van der Waals surface area contributed by atoms with Gasteiger partial charge in [-0.05, 0) is 48.9 Å². The van der Waals surface area contributed by atoms with Crippen LogP contribution in [0.2, 0.25) is 0 Å². The van der Waals surface area contributed by atoms with Crippen LogP contribution < -0.4 is 10.1 Å². The average Bonchev–Trinajstić information content (AvgIpc) is 2.70. The van der Waals surface area contributed by atoms with Gasteiger partial charge in [-0.15, -0.1) is 0 Å². The quantitative estimate of drug-likeness (QED) is 0.751. The fraction of sp³-hybridized carbons (Fsp3) is 0.238. The summed E-state index contributed by atoms with van der Waals surface area (Å²) in [4.78, 5) is 26.5. The summed E-state index contributed by atoms with van der Waals surface area (Å²) in [6, 6.07) is 9.57. The molecule has 6 nitrogen and oxygen atoms in total. The molecular formula is C21H20F2N2O4. The van der Waals surface area contributed by atoms with Crippen LogP contribution in [-0.2, 0) is 9.53 Å². The molecule has 0 bridgehead atoms. The van der Waals surface area contributed by atoms with E-state index in [4.69, 9.17) is 9.47 Å². The number of carbonyl (C=O) groups excluding carboxylic acids is 2. The van der Waals surface area contributed by atoms with Crippen molar-refractivity contribution < 1.29 is 27.8 Å². The second-order valence-corrected chi connectivity index (χ2v) is 6.32. The number of hydrogen-bond acceptors (Lipinski definition) is 4. The summed E-state index contributed by atoms with van der Waals surface area (Å²) in [6.45, 7) is 1.69. The summed E-state index contributed by atoms with van der Waals surface area (Å²) in [6.07, 6.45) is 0. The largest absolute Gasteiger partial charge is 0.487 e. The number of hydrogen-bond donors (Lipinski definition) is 1. The van der Waals surface area contributed by atoms with Crippen molar-refractivity contribution in [3.8, 4) is 5.75 Å². The van der Waals surface area contributed by atoms with Gasteiger partial charge in [0.25, 0.3) is 0 Å². The average molecular weight is 402 g/mol. The smallest absolute Gasteiger partial charge is 0.338 e. The first-order chi connectivity index (χ1) is 13.9. The van der Waals surface area contributed by atoms with Gasteiger partial charge in [0.15, 0.2) is 0 Å². The van der Waals surface area contributed by atoms with E-state index in [0.717, 1.165) is 0 Å². The molecule has 0 fully saturated rings. The van der Waals surface area contributed by atoms with E-state index in [-0.39, 0.29) is 18.8 Å². The Hall–Kier alpha value is -3.42. The molecule has 0 radical (unpaired) electrons. The first-order valence-corrected chi connectivity index (χ1v) is 8.99. The van der Waals surface area contributed by atoms with Gasteiger partial charge in [-0.25, -0.2) is 18.4 Å². The predicted octanol–water partition coefficient (Wildman–Crippen LogP) is 3.56. The zero-order valence-corrected chi connectivity index (χ0v) is 15.9. The van der Waals surface area contributed by atoms with E-state index >= 15 is 0 Å². The molecule has 2 amide bonds. The van der Waals surface area contributed by atoms with Gasteiger partial charge in [-0.3, -0.25) is 4.90 Å². The van der Waals surface area contributed by atoms with Crippen LogP contribution in [0.5, 0.6) is 5.75 Å². The lowest BCUT2D eigenvalue weighted by molar-refractivity contribution is -0.139. The summed E-state index contributed by atoms with van der Waals surface area (Å²) in [5.74, 6) is -1.09. The molecule has 0 aromatic heterocycles. The Morgan fingerprint density at radius 3 is 2.24 bits per heavy atom. The highest BCUT2D eigenvalue weighted by molar-refractivity contribution is 5.95. The normalized spacial score (nSPS) is 16.5. The molecule has 1 aliphatic heterocycles. The molecule has 8 heteroatoms. The van der Waals surface area contributed by atoms with Crippen LogP contribution in [0.15, 0.2) is 59.8 Å². The molecule has 2 aromatic rings. The van der Waals surface area contributed by atoms with Gasteiger partial charge in [-0.2, -0.15) is 0 Å². The van der Waals surface area contributed by atoms with E-state index in [9.17, 15) is 18.4 Å². The maximum atomic E-state index is 13.3. The Balaban J connectivity index is 2.01. The minimum atomic E-state index is -0.829. The number of benzene rings is 2. The van der Waals surface area contributed by atoms with Crippen LogP contribution in [0, 0.1) is 11.6 Å². The number of ether oxygens (including phenoxy) is 2. The SMILES string of the molecule is CCOC(=O)C1=C(COc2ccc(F)cc2)N(C)C(=O)N[C@@H]1c1ccc(F)cc1. The van der Waals surface area contributed by atoms with Gasteiger partial charge in [0.05, 0.1) is 23.9 Å². The van der Waals surface area contributed by atoms with Crippen LogP contribution in [0.1, 0.15) is 18.5 Å². The van der Waals surface area contributed by atoms with Crippen molar-refractivity contribution in [2.24, 2.45) is 0 Å². The second kappa shape index (κ2) is 8.72. The third-order valence-corrected chi connectivity index (χ3v) is 4.46. The van der Waals surface area contributed by atoms with Crippen molar-refractivity contribution in [1.29, 1.82) is 0 Å². The van der Waals surface area contributed by atoms with Crippen molar-refractivity contribution >= 4 is 12.0 Å². The summed E-state index contributed by atoms with van der Waals surface area (Å²) in [5, 5.41) is 2.73. The molecule has 1 heterocycles. The molecule has 29 heavy (non-hydrogen) atoms. The number of amides is 2. The van der Waals surface area contributed by atoms with Crippen molar-refractivity contribution in [1.82, 2.24) is 10.2 Å². The van der Waals surface area contributed by atoms with Crippen LogP contribution in [0.25, 0.3) is 0 Å². The number of carbonyl (C=O) groups is 2. The van der Waals surface area contributed by atoms with E-state index < -0.39 is 29.7 Å². The second-order valence-electron chi connectivity index (χ2n) is 6.32. The highest BCUT2D eigenvalue weighted by Crippen LogP contribution is 2.31. The first kappa shape index (κ1) is 20.3. The minimum Gasteiger partial charge on any atom is -0.487 e. The zero-order valence-electron chi connectivity index (χ0n) is 15.9. The van der Waals surface area contributed by atoms with Crippen LogP contribution >= 0.6 is 0 Å². The Labute approximate surface area is 166 Å². The Morgan fingerprint density at radius 1 is 1.07 bits per heavy atom. The Bertz CT molecular complexity index is 927. The van der Waals surface area contributed by atoms with Crippen molar-refractivity contribution in [2.45, 2.75) is 13.0 Å². The highest BCUT2D eigenvalue weighted by Gasteiger charge is 2.37. The zero-order chi connectivity index (χ0) is 21.0. The fourth-order valence-electron chi connectivity index (χ4n) is 2.97. The topological polar surface area (TPSA) is 67.9 Å². The van der Waals surface area contributed by atoms with Crippen molar-refractivity contribution in [3.63, 3.8) is 0 Å². The van der Waals surface area contributed by atoms with Gasteiger partial charge >= 0.3 is 12.0 Å². The van der Waals surface area contributed by atoms with E-state index in [1.165, 1.54) is 60.5 Å². The van der Waals surface area contributed by atoms with Crippen LogP contribution in [-0.4, -0.2) is 37.2 Å². The van der Waals surface area contributed by atoms with Crippen LogP contribution in [0.3, 0.4) is 0 Å². The summed E-state index contributed by atoms with van der Waals surface area (Å²) < 4.78 is 37.3. The molecule has 0 spiro atoms. The van der Waals surface area contributed by atoms with Crippen LogP contribution in [0.4, 0.5) is 13.6 Å². The summed E-state index contributed by atoms with van der Waals surface area (Å²) in [5.41, 5.74) is 1.00. The lowest BCUT2D eigenvalue weighted by Crippen LogP contribution is -2.48. The molecule has 3 rings (SSSR count). The molecule has 2 aromatic carbocycles. The predicted molar refractivity (Wildman–Crippen MR) is 101 cm³/mol. The molecule has 0 aliphatic carbocycles. The Morgan fingerprint density at radius 2 is 1.66 bits per heavy atom. The Kier molecular flexibility index (Phi) is 6.11. The number of nitrogens with zero attached hydrogens (tertiary/aromatic N) is 1. The minimum absolute atomic E-state index is 0.124. The van der Waals surface area contributed by atoms with Gasteiger partial charge in [0.1, 0.15) is 24.0 Å². The monoisotopic (exact) mass is 402 g/mol. The third-order valence-electron chi connectivity index (χ3n) is 4.46. The maximum Gasteiger partial charge on any atom is 0.338 e. The van der Waals surface area contributed by atoms with E-state index in [0.29, 0.717) is 17.0 Å². The molecule has 1 N–H and O–H groups in total. The van der Waals surface area contributed by atoms with Gasteiger partial charge in [0, 0.05) is 7.05 Å². The molecule has 0 unspecified atom stereocenters. The van der Waals surface area contributed by atoms with Gasteiger partial charge < -0.3 is 14.8 Å². The molecule has 0 saturated carbocycles. The summed E-state index contributed by atoms with van der Waals surface area (Å²) in [7, 11) is 1.50. The molecule has 152 valence electrons. The maximum absolute atomic E-state index is 13.3. The number of rotatable bonds is 6. The van der Waals surface area contributed by atoms with Gasteiger partial charge in [-0.1, -0.05) is 12.1 Å². The molecule has 0 saturated heterocycles. The molecule has 1 aliphatic rings. The van der Waals surface area contributed by atoms with Gasteiger partial charge in [0.2, 0.25) is 0 Å². The number of esters is 1. The highest BCUT2D eigenvalue weighted by atomic mass is 19.1. The molecular weight excluding hydrogens is 382 g/mol. The number of likely N-dealkylation sites (N-methyl/N-ethyl adjacent to an activating group) is 1. The van der Waals surface area contributed by atoms with Crippen molar-refractivity contribution in [3.05, 3.63) is 77.0 Å². The lowest BCUT2D eigenvalue weighted by Gasteiger charge is -2.34.